The first kappa shape index (κ1) is 22.8. The van der Waals surface area contributed by atoms with Gasteiger partial charge in [-0.2, -0.15) is 0 Å². The molecule has 2 aromatic rings. The molecule has 0 saturated heterocycles. The molecule has 0 heterocycles. The van der Waals surface area contributed by atoms with Crippen LogP contribution in [0.15, 0.2) is 71.7 Å². The van der Waals surface area contributed by atoms with Crippen molar-refractivity contribution in [2.24, 2.45) is 11.8 Å². The minimum atomic E-state index is -1.05. The van der Waals surface area contributed by atoms with Crippen molar-refractivity contribution in [1.82, 2.24) is 0 Å². The van der Waals surface area contributed by atoms with Crippen LogP contribution in [0.4, 0.5) is 0 Å². The second-order valence-electron chi connectivity index (χ2n) is 6.50. The summed E-state index contributed by atoms with van der Waals surface area (Å²) >= 11 is 3.44. The van der Waals surface area contributed by atoms with Crippen molar-refractivity contribution in [3.05, 3.63) is 82.9 Å². The Hall–Kier alpha value is -2.44. The zero-order valence-electron chi connectivity index (χ0n) is 16.5. The van der Waals surface area contributed by atoms with E-state index < -0.39 is 24.0 Å². The first-order chi connectivity index (χ1) is 14.0. The highest BCUT2D eigenvalue weighted by atomic mass is 79.9. The zero-order valence-corrected chi connectivity index (χ0v) is 18.1. The summed E-state index contributed by atoms with van der Waals surface area (Å²) in [6, 6.07) is 17.5. The highest BCUT2D eigenvalue weighted by Crippen LogP contribution is 2.34. The fourth-order valence-corrected chi connectivity index (χ4v) is 3.33. The van der Waals surface area contributed by atoms with Crippen LogP contribution in [0.1, 0.15) is 23.7 Å². The number of halogens is 1. The lowest BCUT2D eigenvalue weighted by atomic mass is 9.86. The quantitative estimate of drug-likeness (QED) is 0.287. The number of ether oxygens (including phenoxy) is 3. The van der Waals surface area contributed by atoms with Crippen molar-refractivity contribution in [3.63, 3.8) is 0 Å². The zero-order chi connectivity index (χ0) is 21.2. The van der Waals surface area contributed by atoms with Crippen molar-refractivity contribution >= 4 is 27.9 Å². The van der Waals surface area contributed by atoms with Crippen LogP contribution in [0.3, 0.4) is 0 Å². The third-order valence-corrected chi connectivity index (χ3v) is 5.17. The fraction of sp³-hybridized carbons (Fsp3) is 0.304. The van der Waals surface area contributed by atoms with Gasteiger partial charge < -0.3 is 14.2 Å². The third kappa shape index (κ3) is 6.54. The highest BCUT2D eigenvalue weighted by Gasteiger charge is 2.34. The summed E-state index contributed by atoms with van der Waals surface area (Å²) in [5, 5.41) is 0. The number of hydrogen-bond donors (Lipinski definition) is 0. The molecule has 0 spiro atoms. The molecule has 2 aromatic carbocycles. The summed E-state index contributed by atoms with van der Waals surface area (Å²) < 4.78 is 16.8. The molecule has 0 aliphatic heterocycles. The van der Waals surface area contributed by atoms with Gasteiger partial charge in [0.1, 0.15) is 0 Å². The normalized spacial score (nSPS) is 12.8. The predicted molar refractivity (Wildman–Crippen MR) is 114 cm³/mol. The van der Waals surface area contributed by atoms with Gasteiger partial charge in [0.05, 0.1) is 26.9 Å². The Bertz CT molecular complexity index is 788. The van der Waals surface area contributed by atoms with E-state index in [4.69, 9.17) is 14.2 Å². The Morgan fingerprint density at radius 3 is 2.10 bits per heavy atom. The van der Waals surface area contributed by atoms with Crippen molar-refractivity contribution < 1.29 is 23.8 Å². The molecular formula is C23H25BrO5. The van der Waals surface area contributed by atoms with Crippen LogP contribution in [-0.2, 0) is 30.4 Å². The number of esters is 2. The van der Waals surface area contributed by atoms with Gasteiger partial charge in [0.15, 0.2) is 5.92 Å². The monoisotopic (exact) mass is 460 g/mol. The Morgan fingerprint density at radius 2 is 1.59 bits per heavy atom. The van der Waals surface area contributed by atoms with Crippen molar-refractivity contribution in [1.29, 1.82) is 0 Å². The lowest BCUT2D eigenvalue weighted by Crippen LogP contribution is -2.30. The number of benzene rings is 2. The maximum Gasteiger partial charge on any atom is 0.320 e. The van der Waals surface area contributed by atoms with Crippen LogP contribution in [0.5, 0.6) is 0 Å². The van der Waals surface area contributed by atoms with Gasteiger partial charge in [0.2, 0.25) is 0 Å². The minimum Gasteiger partial charge on any atom is -0.468 e. The molecule has 2 atom stereocenters. The molecule has 0 unspecified atom stereocenters. The van der Waals surface area contributed by atoms with Crippen LogP contribution < -0.4 is 0 Å². The van der Waals surface area contributed by atoms with E-state index in [-0.39, 0.29) is 12.3 Å². The van der Waals surface area contributed by atoms with Gasteiger partial charge in [-0.05, 0) is 29.7 Å². The van der Waals surface area contributed by atoms with Gasteiger partial charge in [-0.1, -0.05) is 64.5 Å². The van der Waals surface area contributed by atoms with E-state index in [9.17, 15) is 9.59 Å². The summed E-state index contributed by atoms with van der Waals surface area (Å²) in [5.41, 5.74) is 1.94. The Morgan fingerprint density at radius 1 is 1.00 bits per heavy atom. The van der Waals surface area contributed by atoms with E-state index in [0.717, 1.165) is 15.6 Å². The molecule has 0 bridgehead atoms. The average molecular weight is 461 g/mol. The molecule has 0 fully saturated rings. The first-order valence-electron chi connectivity index (χ1n) is 9.19. The Labute approximate surface area is 179 Å². The Kier molecular flexibility index (Phi) is 9.09. The lowest BCUT2D eigenvalue weighted by Gasteiger charge is -2.27. The predicted octanol–water partition coefficient (Wildman–Crippen LogP) is 4.86. The molecule has 6 heteroatoms. The summed E-state index contributed by atoms with van der Waals surface area (Å²) in [6.45, 7) is 4.29. The SMILES string of the molecule is C=C[C@H](CC(C(=O)OC)C(=O)OC)[C@H](OCc1ccccc1)c1ccc(Br)cc1. The fourth-order valence-electron chi connectivity index (χ4n) is 3.07. The molecule has 0 amide bonds. The molecule has 154 valence electrons. The standard InChI is InChI=1S/C23H25BrO5/c1-4-17(14-20(22(25)27-2)23(26)28-3)21(18-10-12-19(24)13-11-18)29-15-16-8-6-5-7-9-16/h4-13,17,20-21H,1,14-15H2,2-3H3/t17-,21+/m1/s1. The second-order valence-corrected chi connectivity index (χ2v) is 7.42. The van der Waals surface area contributed by atoms with Crippen molar-refractivity contribution in [3.8, 4) is 0 Å². The topological polar surface area (TPSA) is 61.8 Å². The van der Waals surface area contributed by atoms with Gasteiger partial charge in [-0.15, -0.1) is 6.58 Å². The van der Waals surface area contributed by atoms with Crippen molar-refractivity contribution in [2.75, 3.05) is 14.2 Å². The van der Waals surface area contributed by atoms with E-state index in [1.807, 2.05) is 54.6 Å². The molecule has 0 radical (unpaired) electrons. The molecule has 0 aromatic heterocycles. The van der Waals surface area contributed by atoms with E-state index in [0.29, 0.717) is 6.61 Å². The molecule has 0 N–H and O–H groups in total. The van der Waals surface area contributed by atoms with Gasteiger partial charge >= 0.3 is 11.9 Å². The number of rotatable bonds is 10. The largest absolute Gasteiger partial charge is 0.468 e. The van der Waals surface area contributed by atoms with Crippen LogP contribution >= 0.6 is 15.9 Å². The first-order valence-corrected chi connectivity index (χ1v) is 9.98. The van der Waals surface area contributed by atoms with E-state index in [1.54, 1.807) is 6.08 Å². The number of carbonyl (C=O) groups is 2. The van der Waals surface area contributed by atoms with Gasteiger partial charge in [0, 0.05) is 10.4 Å². The summed E-state index contributed by atoms with van der Waals surface area (Å²) in [7, 11) is 2.50. The maximum absolute atomic E-state index is 12.1. The molecular weight excluding hydrogens is 436 g/mol. The Balaban J connectivity index is 2.30. The smallest absolute Gasteiger partial charge is 0.320 e. The van der Waals surface area contributed by atoms with E-state index in [2.05, 4.69) is 22.5 Å². The molecule has 0 saturated carbocycles. The summed E-state index contributed by atoms with van der Waals surface area (Å²) in [5.74, 6) is -2.64. The number of hydrogen-bond acceptors (Lipinski definition) is 5. The van der Waals surface area contributed by atoms with Crippen LogP contribution in [0.2, 0.25) is 0 Å². The third-order valence-electron chi connectivity index (χ3n) is 4.64. The molecule has 0 aliphatic carbocycles. The van der Waals surface area contributed by atoms with Crippen LogP contribution in [0, 0.1) is 11.8 Å². The lowest BCUT2D eigenvalue weighted by molar-refractivity contribution is -0.160. The van der Waals surface area contributed by atoms with E-state index in [1.165, 1.54) is 14.2 Å². The minimum absolute atomic E-state index is 0.165. The van der Waals surface area contributed by atoms with Gasteiger partial charge in [0.25, 0.3) is 0 Å². The van der Waals surface area contributed by atoms with Gasteiger partial charge in [-0.25, -0.2) is 0 Å². The van der Waals surface area contributed by atoms with Crippen molar-refractivity contribution in [2.45, 2.75) is 19.1 Å². The maximum atomic E-state index is 12.1. The molecule has 5 nitrogen and oxygen atoms in total. The molecule has 2 rings (SSSR count). The number of methoxy groups -OCH3 is 2. The summed E-state index contributed by atoms with van der Waals surface area (Å²) in [4.78, 5) is 24.3. The van der Waals surface area contributed by atoms with Gasteiger partial charge in [-0.3, -0.25) is 9.59 Å². The molecule has 29 heavy (non-hydrogen) atoms. The second kappa shape index (κ2) is 11.5. The van der Waals surface area contributed by atoms with E-state index >= 15 is 0 Å². The number of carbonyl (C=O) groups excluding carboxylic acids is 2. The average Bonchev–Trinajstić information content (AvgIpc) is 2.76. The highest BCUT2D eigenvalue weighted by molar-refractivity contribution is 9.10. The van der Waals surface area contributed by atoms with Crippen LogP contribution in [0.25, 0.3) is 0 Å². The molecule has 0 aliphatic rings. The van der Waals surface area contributed by atoms with Crippen LogP contribution in [-0.4, -0.2) is 26.2 Å². The summed E-state index contributed by atoms with van der Waals surface area (Å²) in [6.07, 6.45) is 1.47.